The molecule has 0 aromatic heterocycles. The van der Waals surface area contributed by atoms with E-state index in [0.717, 1.165) is 13.8 Å². The highest BCUT2D eigenvalue weighted by molar-refractivity contribution is 5.77. The molecule has 0 aliphatic carbocycles. The summed E-state index contributed by atoms with van der Waals surface area (Å²) in [6.45, 7) is -5.26. The highest BCUT2D eigenvalue weighted by atomic mass is 16.8. The Labute approximate surface area is 479 Å². The third-order valence-corrected chi connectivity index (χ3v) is 15.3. The van der Waals surface area contributed by atoms with E-state index in [4.69, 9.17) is 57.8 Å². The zero-order valence-electron chi connectivity index (χ0n) is 45.1. The molecule has 0 spiro atoms. The van der Waals surface area contributed by atoms with Gasteiger partial charge in [0.05, 0.1) is 63.9 Å². The number of rotatable bonds is 24. The molecule has 2 amide bonds. The van der Waals surface area contributed by atoms with Crippen molar-refractivity contribution in [3.8, 4) is 0 Å². The molecule has 6 saturated heterocycles. The second-order valence-electron chi connectivity index (χ2n) is 21.2. The lowest BCUT2D eigenvalue weighted by Crippen LogP contribution is -2.73. The molecule has 85 heavy (non-hydrogen) atoms. The molecular formula is C46H77N3O36. The van der Waals surface area contributed by atoms with Gasteiger partial charge in [-0.15, -0.1) is 0 Å². The maximum Gasteiger partial charge on any atom is 0.364 e. The Balaban J connectivity index is 1.39. The van der Waals surface area contributed by atoms with E-state index in [0.29, 0.717) is 0 Å². The minimum Gasteiger partial charge on any atom is -0.477 e. The van der Waals surface area contributed by atoms with E-state index in [-0.39, 0.29) is 0 Å². The first-order valence-electron chi connectivity index (χ1n) is 26.5. The van der Waals surface area contributed by atoms with Gasteiger partial charge in [0.2, 0.25) is 11.8 Å². The summed E-state index contributed by atoms with van der Waals surface area (Å²) in [7, 11) is 0. The largest absolute Gasteiger partial charge is 0.477 e. The van der Waals surface area contributed by atoms with Crippen molar-refractivity contribution in [2.45, 2.75) is 222 Å². The number of carbonyl (C=O) groups excluding carboxylic acids is 2. The third kappa shape index (κ3) is 15.0. The summed E-state index contributed by atoms with van der Waals surface area (Å²) in [6.07, 6.45) is -61.5. The second kappa shape index (κ2) is 29.5. The van der Waals surface area contributed by atoms with Crippen molar-refractivity contribution in [2.24, 2.45) is 5.73 Å². The number of carboxylic acids is 2. The predicted molar refractivity (Wildman–Crippen MR) is 259 cm³/mol. The van der Waals surface area contributed by atoms with Crippen molar-refractivity contribution in [1.29, 1.82) is 0 Å². The summed E-state index contributed by atoms with van der Waals surface area (Å²) in [4.78, 5) is 52.9. The monoisotopic (exact) mass is 1250 g/mol. The summed E-state index contributed by atoms with van der Waals surface area (Å²) in [6, 6.07) is -5.72. The van der Waals surface area contributed by atoms with Gasteiger partial charge in [0.1, 0.15) is 134 Å². The van der Waals surface area contributed by atoms with Crippen LogP contribution in [-0.4, -0.2) is 366 Å². The standard InChI is InChI=1S/C46H77N3O36/c1-11(56)48-22-16(4-46(44(73)74,83-36(22)25(62)15(60)6-51)85-38-28(65)18(8-53)78-41(31(38)68)80-33-20(10-55)75-39(70)30(67)29(33)66)76-40-23(49-12(2)57)35(26(63)17(7-52)77-40)81-42-32(69)37(27(64)19(9-54)79-42)84-45(43(71)72)3-13(58)21(47)34(82-45)24(61)14(59)5-50/h13-42,50-55,58-70H,3-10,47H2,1-2H3,(H,48,56)(H,49,57)(H,71,72)(H,73,74)/t13-,14+,15+,16-,17+,18+,19+,20+,21+,22+,23+,24+,25+,26-,27-,28-,29+,30+,31+,32+,33+,34+,35+,36+,37-,38+,39+,40+,41-,42-,45-,46-/m0/s1. The van der Waals surface area contributed by atoms with Gasteiger partial charge in [-0.05, 0) is 0 Å². The number of aliphatic carboxylic acids is 2. The number of hydrogen-bond acceptors (Lipinski definition) is 35. The normalized spacial score (nSPS) is 45.9. The van der Waals surface area contributed by atoms with Crippen LogP contribution >= 0.6 is 0 Å². The number of amides is 2. The molecule has 25 N–H and O–H groups in total. The zero-order chi connectivity index (χ0) is 63.5. The van der Waals surface area contributed by atoms with Crippen molar-refractivity contribution in [3.63, 3.8) is 0 Å². The Kier molecular flexibility index (Phi) is 24.6. The van der Waals surface area contributed by atoms with E-state index in [9.17, 15) is 126 Å². The molecule has 0 aromatic carbocycles. The Hall–Kier alpha value is -3.36. The van der Waals surface area contributed by atoms with Gasteiger partial charge in [-0.25, -0.2) is 9.59 Å². The maximum atomic E-state index is 13.8. The van der Waals surface area contributed by atoms with Gasteiger partial charge < -0.3 is 176 Å². The number of hydrogen-bond donors (Lipinski definition) is 24. The number of carboxylic acid groups (broad SMARTS) is 2. The predicted octanol–water partition coefficient (Wildman–Crippen LogP) is -15.4. The lowest BCUT2D eigenvalue weighted by molar-refractivity contribution is -0.393. The van der Waals surface area contributed by atoms with Crippen LogP contribution in [0.2, 0.25) is 0 Å². The summed E-state index contributed by atoms with van der Waals surface area (Å²) in [5.41, 5.74) is 5.96. The number of ether oxygens (including phenoxy) is 11. The van der Waals surface area contributed by atoms with E-state index in [1.165, 1.54) is 0 Å². The first kappa shape index (κ1) is 70.7. The van der Waals surface area contributed by atoms with Gasteiger partial charge in [-0.2, -0.15) is 0 Å². The van der Waals surface area contributed by atoms with E-state index in [1.54, 1.807) is 0 Å². The average molecular weight is 1250 g/mol. The van der Waals surface area contributed by atoms with Crippen LogP contribution in [0.3, 0.4) is 0 Å². The number of aliphatic hydroxyl groups excluding tert-OH is 19. The minimum absolute atomic E-state index is 0.880. The molecule has 6 heterocycles. The van der Waals surface area contributed by atoms with Gasteiger partial charge in [0, 0.05) is 26.7 Å². The number of nitrogens with two attached hydrogens (primary N) is 1. The molecular weight excluding hydrogens is 1170 g/mol. The molecule has 6 rings (SSSR count). The summed E-state index contributed by atoms with van der Waals surface area (Å²) >= 11 is 0. The van der Waals surface area contributed by atoms with Crippen LogP contribution in [0.1, 0.15) is 26.7 Å². The molecule has 0 bridgehead atoms. The lowest BCUT2D eigenvalue weighted by Gasteiger charge is -2.53. The maximum absolute atomic E-state index is 13.8. The quantitative estimate of drug-likeness (QED) is 0.0427. The average Bonchev–Trinajstić information content (AvgIpc) is 1.12. The van der Waals surface area contributed by atoms with Crippen LogP contribution in [0.4, 0.5) is 0 Å². The molecule has 492 valence electrons. The molecule has 6 aliphatic rings. The van der Waals surface area contributed by atoms with Gasteiger partial charge in [0.15, 0.2) is 25.2 Å². The molecule has 0 aromatic rings. The van der Waals surface area contributed by atoms with Crippen molar-refractivity contribution < 1.29 is 179 Å². The van der Waals surface area contributed by atoms with Crippen molar-refractivity contribution in [2.75, 3.05) is 39.6 Å². The third-order valence-electron chi connectivity index (χ3n) is 15.3. The number of carbonyl (C=O) groups is 4. The summed E-state index contributed by atoms with van der Waals surface area (Å²) < 4.78 is 63.0. The first-order chi connectivity index (χ1) is 39.9. The van der Waals surface area contributed by atoms with E-state index in [1.807, 2.05) is 0 Å². The Morgan fingerprint density at radius 2 is 0.918 bits per heavy atom. The molecule has 6 fully saturated rings. The van der Waals surface area contributed by atoms with Crippen molar-refractivity contribution in [1.82, 2.24) is 10.6 Å². The first-order valence-corrected chi connectivity index (χ1v) is 26.5. The number of nitrogens with one attached hydrogen (secondary N) is 2. The topological polar surface area (TPSA) is 645 Å². The molecule has 6 aliphatic heterocycles. The fourth-order valence-electron chi connectivity index (χ4n) is 10.7. The SMILES string of the molecule is CC(=O)N[C@H]1[C@H](O[C@H]2C[C@](O[C@@H]3[C@@H](O)[C@@H](CO)O[C@@H](O[C@H]4[C@H](O)[C@@H](O)[C@H](O)O[C@@H]4CO)[C@@H]3O)(C(=O)O)O[C@@H]([C@H](O)[C@H](O)CO)[C@@H]2NC(C)=O)O[C@H](CO)[C@H](O)[C@@H]1O[C@@H]1O[C@H](CO)[C@H](O)[C@H](O[C@]2(C(=O)O)C[C@H](O)[C@@H](N)[C@H]([C@H](O)[C@H](O)CO)O2)[C@H]1O. The minimum atomic E-state index is -3.48. The summed E-state index contributed by atoms with van der Waals surface area (Å²) in [5, 5.41) is 230. The van der Waals surface area contributed by atoms with Crippen LogP contribution in [0, 0.1) is 0 Å². The van der Waals surface area contributed by atoms with Crippen LogP contribution in [0.15, 0.2) is 0 Å². The zero-order valence-corrected chi connectivity index (χ0v) is 45.1. The van der Waals surface area contributed by atoms with Crippen LogP contribution in [0.25, 0.3) is 0 Å². The van der Waals surface area contributed by atoms with Gasteiger partial charge in [-0.3, -0.25) is 9.59 Å². The molecule has 0 radical (unpaired) electrons. The van der Waals surface area contributed by atoms with Crippen LogP contribution in [-0.2, 0) is 71.3 Å². The summed E-state index contributed by atoms with van der Waals surface area (Å²) in [5.74, 6) is -13.1. The fourth-order valence-corrected chi connectivity index (χ4v) is 10.7. The van der Waals surface area contributed by atoms with Crippen LogP contribution < -0.4 is 16.4 Å². The molecule has 32 atom stereocenters. The Bertz CT molecular complexity index is 2200. The highest BCUT2D eigenvalue weighted by Gasteiger charge is 2.64. The Morgan fingerprint density at radius 1 is 0.506 bits per heavy atom. The van der Waals surface area contributed by atoms with Crippen molar-refractivity contribution >= 4 is 23.8 Å². The van der Waals surface area contributed by atoms with Crippen molar-refractivity contribution in [3.05, 3.63) is 0 Å². The molecule has 0 saturated carbocycles. The van der Waals surface area contributed by atoms with Crippen LogP contribution in [0.5, 0.6) is 0 Å². The van der Waals surface area contributed by atoms with Gasteiger partial charge >= 0.3 is 11.9 Å². The van der Waals surface area contributed by atoms with E-state index in [2.05, 4.69) is 10.6 Å². The van der Waals surface area contributed by atoms with E-state index < -0.39 is 271 Å². The molecule has 0 unspecified atom stereocenters. The smallest absolute Gasteiger partial charge is 0.364 e. The highest BCUT2D eigenvalue weighted by Crippen LogP contribution is 2.42. The van der Waals surface area contributed by atoms with E-state index >= 15 is 0 Å². The van der Waals surface area contributed by atoms with Gasteiger partial charge in [0.25, 0.3) is 11.6 Å². The molecule has 39 nitrogen and oxygen atoms in total. The fraction of sp³-hybridized carbons (Fsp3) is 0.913. The molecule has 39 heteroatoms. The lowest BCUT2D eigenvalue weighted by atomic mass is 9.87. The Morgan fingerprint density at radius 3 is 1.36 bits per heavy atom. The number of aliphatic hydroxyl groups is 19. The van der Waals surface area contributed by atoms with Gasteiger partial charge in [-0.1, -0.05) is 0 Å². The second-order valence-corrected chi connectivity index (χ2v) is 21.2.